The molecule has 1 nitrogen and oxygen atoms in total. The highest BCUT2D eigenvalue weighted by Crippen LogP contribution is 2.73. The van der Waals surface area contributed by atoms with Gasteiger partial charge in [0.2, 0.25) is 0 Å². The quantitative estimate of drug-likeness (QED) is 0.518. The Morgan fingerprint density at radius 3 is 2.08 bits per heavy atom. The number of halogens is 1. The molecule has 0 aromatic heterocycles. The van der Waals surface area contributed by atoms with E-state index in [0.717, 1.165) is 0 Å². The van der Waals surface area contributed by atoms with E-state index in [1.165, 1.54) is 19.3 Å². The first-order chi connectivity index (χ1) is 5.43. The molecular formula is C10H18ClN. The number of hydrogen-bond acceptors (Lipinski definition) is 1. The molecule has 12 heavy (non-hydrogen) atoms. The minimum atomic E-state index is 0.453. The van der Waals surface area contributed by atoms with Crippen LogP contribution in [0.5, 0.6) is 0 Å². The minimum absolute atomic E-state index is 0.453. The average Bonchev–Trinajstić information content (AvgIpc) is 1.70. The lowest BCUT2D eigenvalue weighted by Crippen LogP contribution is -2.77. The predicted octanol–water partition coefficient (Wildman–Crippen LogP) is 2.74. The highest BCUT2D eigenvalue weighted by Gasteiger charge is 2.71. The molecule has 0 aromatic rings. The smallest absolute Gasteiger partial charge is 0.0717 e. The van der Waals surface area contributed by atoms with Gasteiger partial charge >= 0.3 is 0 Å². The largest absolute Gasteiger partial charge is 0.298 e. The van der Waals surface area contributed by atoms with Crippen LogP contribution in [0.2, 0.25) is 0 Å². The zero-order valence-corrected chi connectivity index (χ0v) is 8.96. The van der Waals surface area contributed by atoms with Crippen molar-refractivity contribution < 1.29 is 0 Å². The van der Waals surface area contributed by atoms with E-state index in [1.807, 2.05) is 0 Å². The maximum absolute atomic E-state index is 5.67. The van der Waals surface area contributed by atoms with Gasteiger partial charge < -0.3 is 0 Å². The monoisotopic (exact) mass is 187 g/mol. The highest BCUT2D eigenvalue weighted by atomic mass is 35.5. The molecule has 0 unspecified atom stereocenters. The van der Waals surface area contributed by atoms with Crippen molar-refractivity contribution in [1.29, 1.82) is 0 Å². The van der Waals surface area contributed by atoms with Gasteiger partial charge in [-0.2, -0.15) is 0 Å². The van der Waals surface area contributed by atoms with Crippen LogP contribution >= 0.6 is 11.6 Å². The summed E-state index contributed by atoms with van der Waals surface area (Å²) in [5, 5.41) is 3.39. The summed E-state index contributed by atoms with van der Waals surface area (Å²) in [6.07, 6.45) is 4.03. The molecule has 3 rings (SSSR count). The first-order valence-corrected chi connectivity index (χ1v) is 5.28. The van der Waals surface area contributed by atoms with Gasteiger partial charge in [-0.1, -0.05) is 20.8 Å². The Hall–Kier alpha value is 0.250. The van der Waals surface area contributed by atoms with Gasteiger partial charge in [0.05, 0.1) is 6.00 Å². The Balaban J connectivity index is 1.95. The van der Waals surface area contributed by atoms with E-state index in [-0.39, 0.29) is 0 Å². The second kappa shape index (κ2) is 2.19. The van der Waals surface area contributed by atoms with Gasteiger partial charge in [-0.15, -0.1) is 11.6 Å². The van der Waals surface area contributed by atoms with Crippen LogP contribution in [-0.2, 0) is 0 Å². The fourth-order valence-electron chi connectivity index (χ4n) is 2.91. The minimum Gasteiger partial charge on any atom is -0.298 e. The average molecular weight is 188 g/mol. The number of alkyl halides is 1. The van der Waals surface area contributed by atoms with E-state index in [2.05, 4.69) is 26.1 Å². The van der Waals surface area contributed by atoms with Crippen molar-refractivity contribution in [3.63, 3.8) is 0 Å². The first-order valence-electron chi connectivity index (χ1n) is 4.74. The van der Waals surface area contributed by atoms with Crippen molar-refractivity contribution in [3.05, 3.63) is 0 Å². The third kappa shape index (κ3) is 0.898. The van der Waals surface area contributed by atoms with Gasteiger partial charge in [0, 0.05) is 5.54 Å². The molecule has 0 radical (unpaired) electrons. The highest BCUT2D eigenvalue weighted by molar-refractivity contribution is 6.17. The summed E-state index contributed by atoms with van der Waals surface area (Å²) in [6.45, 7) is 7.07. The van der Waals surface area contributed by atoms with E-state index >= 15 is 0 Å². The van der Waals surface area contributed by atoms with Crippen molar-refractivity contribution in [2.24, 2.45) is 10.8 Å². The lowest BCUT2D eigenvalue weighted by molar-refractivity contribution is -0.215. The molecule has 0 amide bonds. The van der Waals surface area contributed by atoms with E-state index in [4.69, 9.17) is 11.6 Å². The maximum atomic E-state index is 5.67. The van der Waals surface area contributed by atoms with Crippen molar-refractivity contribution >= 4 is 11.6 Å². The summed E-state index contributed by atoms with van der Waals surface area (Å²) in [4.78, 5) is 0. The molecule has 3 fully saturated rings. The molecule has 3 aliphatic rings. The van der Waals surface area contributed by atoms with Crippen LogP contribution in [0.1, 0.15) is 40.0 Å². The van der Waals surface area contributed by atoms with Crippen molar-refractivity contribution in [2.45, 2.75) is 45.6 Å². The summed E-state index contributed by atoms with van der Waals surface area (Å²) >= 11 is 5.67. The Kier molecular flexibility index (Phi) is 1.61. The molecule has 3 saturated carbocycles. The molecule has 0 saturated heterocycles. The van der Waals surface area contributed by atoms with Crippen LogP contribution in [-0.4, -0.2) is 11.5 Å². The number of rotatable bonds is 2. The molecule has 0 atom stereocenters. The Morgan fingerprint density at radius 2 is 1.75 bits per heavy atom. The number of nitrogens with one attached hydrogen (secondary N) is 1. The van der Waals surface area contributed by atoms with Gasteiger partial charge in [-0.3, -0.25) is 5.32 Å². The van der Waals surface area contributed by atoms with E-state index in [1.54, 1.807) is 0 Å². The molecule has 2 heteroatoms. The van der Waals surface area contributed by atoms with Crippen molar-refractivity contribution in [3.8, 4) is 0 Å². The summed E-state index contributed by atoms with van der Waals surface area (Å²) in [5.74, 6) is 0. The molecule has 2 bridgehead atoms. The summed E-state index contributed by atoms with van der Waals surface area (Å²) in [5.41, 5.74) is 1.59. The second-order valence-corrected chi connectivity index (χ2v) is 5.92. The predicted molar refractivity (Wildman–Crippen MR) is 52.3 cm³/mol. The Morgan fingerprint density at radius 1 is 1.25 bits per heavy atom. The molecule has 0 aliphatic heterocycles. The Bertz CT molecular complexity index is 185. The molecule has 1 N–H and O–H groups in total. The van der Waals surface area contributed by atoms with Crippen LogP contribution in [0.15, 0.2) is 0 Å². The molecule has 70 valence electrons. The summed E-state index contributed by atoms with van der Waals surface area (Å²) in [7, 11) is 0. The van der Waals surface area contributed by atoms with E-state index in [0.29, 0.717) is 22.4 Å². The molecular weight excluding hydrogens is 170 g/mol. The molecule has 3 aliphatic carbocycles. The Labute approximate surface area is 79.9 Å². The summed E-state index contributed by atoms with van der Waals surface area (Å²) in [6, 6.07) is 0.611. The van der Waals surface area contributed by atoms with Crippen LogP contribution in [0, 0.1) is 10.8 Å². The lowest BCUT2D eigenvalue weighted by Gasteiger charge is -2.75. The topological polar surface area (TPSA) is 12.0 Å². The van der Waals surface area contributed by atoms with Crippen LogP contribution in [0.25, 0.3) is 0 Å². The SMILES string of the molecule is CC(C)(C)C12CC(NCCl)(C1)C2. The lowest BCUT2D eigenvalue weighted by atomic mass is 9.33. The van der Waals surface area contributed by atoms with Gasteiger partial charge in [-0.25, -0.2) is 0 Å². The second-order valence-electron chi connectivity index (χ2n) is 5.65. The first kappa shape index (κ1) is 8.83. The maximum Gasteiger partial charge on any atom is 0.0717 e. The van der Waals surface area contributed by atoms with Crippen LogP contribution in [0.4, 0.5) is 0 Å². The fraction of sp³-hybridized carbons (Fsp3) is 1.00. The third-order valence-corrected chi connectivity index (χ3v) is 4.20. The van der Waals surface area contributed by atoms with E-state index in [9.17, 15) is 0 Å². The number of hydrogen-bond donors (Lipinski definition) is 1. The van der Waals surface area contributed by atoms with Crippen molar-refractivity contribution in [2.75, 3.05) is 6.00 Å². The third-order valence-electron chi connectivity index (χ3n) is 4.06. The van der Waals surface area contributed by atoms with Gasteiger partial charge in [0.25, 0.3) is 0 Å². The van der Waals surface area contributed by atoms with Crippen LogP contribution < -0.4 is 5.32 Å². The van der Waals surface area contributed by atoms with Gasteiger partial charge in [-0.05, 0) is 30.1 Å². The molecule has 0 aromatic carbocycles. The van der Waals surface area contributed by atoms with Gasteiger partial charge in [0.1, 0.15) is 0 Å². The van der Waals surface area contributed by atoms with Gasteiger partial charge in [0.15, 0.2) is 0 Å². The summed E-state index contributed by atoms with van der Waals surface area (Å²) < 4.78 is 0. The van der Waals surface area contributed by atoms with Crippen LogP contribution in [0.3, 0.4) is 0 Å². The van der Waals surface area contributed by atoms with Crippen molar-refractivity contribution in [1.82, 2.24) is 5.32 Å². The molecule has 0 heterocycles. The fourth-order valence-corrected chi connectivity index (χ4v) is 3.20. The normalized spacial score (nSPS) is 45.0. The zero-order chi connectivity index (χ0) is 9.04. The zero-order valence-electron chi connectivity index (χ0n) is 8.21. The standard InChI is InChI=1S/C10H18ClN/c1-8(2,3)9-4-10(5-9,6-9)12-7-11/h12H,4-7H2,1-3H3. The van der Waals surface area contributed by atoms with E-state index < -0.39 is 0 Å². The molecule has 0 spiro atoms.